The van der Waals surface area contributed by atoms with Crippen LogP contribution >= 0.6 is 11.3 Å². The number of hydrogen-bond acceptors (Lipinski definition) is 7. The van der Waals surface area contributed by atoms with Gasteiger partial charge in [0.15, 0.2) is 16.6 Å². The minimum absolute atomic E-state index is 0.233. The van der Waals surface area contributed by atoms with Gasteiger partial charge in [-0.15, -0.1) is 0 Å². The van der Waals surface area contributed by atoms with E-state index >= 15 is 0 Å². The molecule has 0 saturated carbocycles. The van der Waals surface area contributed by atoms with Crippen molar-refractivity contribution in [2.24, 2.45) is 0 Å². The maximum Gasteiger partial charge on any atom is 0.260 e. The second kappa shape index (κ2) is 9.23. The molecule has 0 aliphatic carbocycles. The second-order valence-corrected chi connectivity index (χ2v) is 8.14. The first-order valence-corrected chi connectivity index (χ1v) is 10.7. The van der Waals surface area contributed by atoms with Gasteiger partial charge in [-0.05, 0) is 48.4 Å². The van der Waals surface area contributed by atoms with Crippen LogP contribution < -0.4 is 19.1 Å². The molecule has 0 bridgehead atoms. The molecular weight excluding hydrogens is 426 g/mol. The van der Waals surface area contributed by atoms with E-state index in [1.54, 1.807) is 29.4 Å². The summed E-state index contributed by atoms with van der Waals surface area (Å²) in [6.07, 6.45) is 3.45. The lowest BCUT2D eigenvalue weighted by Crippen LogP contribution is -2.30. The lowest BCUT2D eigenvalue weighted by molar-refractivity contribution is 0.0984. The Morgan fingerprint density at radius 3 is 2.41 bits per heavy atom. The molecule has 0 aliphatic rings. The number of fused-ring (bicyclic) bond motifs is 1. The highest BCUT2D eigenvalue weighted by atomic mass is 32.1. The normalized spacial score (nSPS) is 10.8. The number of aromatic nitrogens is 2. The number of rotatable bonds is 7. The molecule has 0 aliphatic heterocycles. The van der Waals surface area contributed by atoms with Gasteiger partial charge in [0, 0.05) is 18.0 Å². The molecule has 2 aromatic carbocycles. The van der Waals surface area contributed by atoms with E-state index in [2.05, 4.69) is 11.1 Å². The maximum absolute atomic E-state index is 13.7. The van der Waals surface area contributed by atoms with Crippen molar-refractivity contribution in [3.63, 3.8) is 0 Å². The molecule has 164 valence electrons. The molecule has 8 heteroatoms. The number of benzene rings is 2. The Morgan fingerprint density at radius 2 is 1.78 bits per heavy atom. The van der Waals surface area contributed by atoms with Crippen LogP contribution in [-0.4, -0.2) is 37.2 Å². The number of methoxy groups -OCH3 is 3. The van der Waals surface area contributed by atoms with E-state index in [1.807, 2.05) is 31.2 Å². The van der Waals surface area contributed by atoms with Crippen molar-refractivity contribution in [1.82, 2.24) is 9.97 Å². The Labute approximate surface area is 190 Å². The van der Waals surface area contributed by atoms with E-state index in [0.29, 0.717) is 34.5 Å². The van der Waals surface area contributed by atoms with Gasteiger partial charge in [-0.25, -0.2) is 4.98 Å². The number of thiazole rings is 1. The van der Waals surface area contributed by atoms with Gasteiger partial charge >= 0.3 is 0 Å². The summed E-state index contributed by atoms with van der Waals surface area (Å²) in [7, 11) is 4.57. The van der Waals surface area contributed by atoms with Crippen LogP contribution in [0.4, 0.5) is 5.13 Å². The number of nitrogens with zero attached hydrogens (tertiary/aromatic N) is 3. The number of ether oxygens (including phenoxy) is 3. The summed E-state index contributed by atoms with van der Waals surface area (Å²) in [6.45, 7) is 2.36. The molecule has 0 unspecified atom stereocenters. The van der Waals surface area contributed by atoms with Crippen molar-refractivity contribution in [3.8, 4) is 17.2 Å². The third-order valence-electron chi connectivity index (χ3n) is 4.98. The second-order valence-electron chi connectivity index (χ2n) is 7.13. The molecule has 0 spiro atoms. The highest BCUT2D eigenvalue weighted by Crippen LogP contribution is 2.39. The van der Waals surface area contributed by atoms with Crippen LogP contribution in [0.1, 0.15) is 21.5 Å². The molecule has 2 heterocycles. The summed E-state index contributed by atoms with van der Waals surface area (Å²) in [4.78, 5) is 24.3. The topological polar surface area (TPSA) is 73.8 Å². The summed E-state index contributed by atoms with van der Waals surface area (Å²) in [5.74, 6) is 1.03. The first kappa shape index (κ1) is 21.6. The number of carbonyl (C=O) groups excluding carboxylic acids is 1. The molecular formula is C24H23N3O4S. The summed E-state index contributed by atoms with van der Waals surface area (Å²) >= 11 is 1.48. The van der Waals surface area contributed by atoms with Gasteiger partial charge in [0.25, 0.3) is 5.91 Å². The average Bonchev–Trinajstić information content (AvgIpc) is 3.24. The predicted molar refractivity (Wildman–Crippen MR) is 125 cm³/mol. The molecule has 0 saturated heterocycles. The summed E-state index contributed by atoms with van der Waals surface area (Å²) in [5.41, 5.74) is 3.29. The number of amides is 1. The van der Waals surface area contributed by atoms with Gasteiger partial charge < -0.3 is 14.2 Å². The van der Waals surface area contributed by atoms with E-state index in [9.17, 15) is 4.79 Å². The maximum atomic E-state index is 13.7. The van der Waals surface area contributed by atoms with Crippen LogP contribution in [0.2, 0.25) is 0 Å². The fraction of sp³-hybridized carbons (Fsp3) is 0.208. The Bertz CT molecular complexity index is 1230. The molecule has 0 radical (unpaired) electrons. The first-order chi connectivity index (χ1) is 15.5. The van der Waals surface area contributed by atoms with Crippen LogP contribution in [0.25, 0.3) is 10.2 Å². The van der Waals surface area contributed by atoms with E-state index in [0.717, 1.165) is 21.3 Å². The largest absolute Gasteiger partial charge is 0.493 e. The van der Waals surface area contributed by atoms with Gasteiger partial charge in [0.2, 0.25) is 5.75 Å². The van der Waals surface area contributed by atoms with Crippen LogP contribution in [-0.2, 0) is 6.54 Å². The van der Waals surface area contributed by atoms with Gasteiger partial charge in [0.1, 0.15) is 0 Å². The highest BCUT2D eigenvalue weighted by Gasteiger charge is 2.25. The Kier molecular flexibility index (Phi) is 6.23. The lowest BCUT2D eigenvalue weighted by Gasteiger charge is -2.21. The van der Waals surface area contributed by atoms with Gasteiger partial charge in [-0.1, -0.05) is 23.5 Å². The minimum Gasteiger partial charge on any atom is -0.493 e. The van der Waals surface area contributed by atoms with Gasteiger partial charge in [-0.2, -0.15) is 0 Å². The minimum atomic E-state index is -0.233. The van der Waals surface area contributed by atoms with E-state index < -0.39 is 0 Å². The Morgan fingerprint density at radius 1 is 1.03 bits per heavy atom. The quantitative estimate of drug-likeness (QED) is 0.401. The van der Waals surface area contributed by atoms with E-state index in [1.165, 1.54) is 32.7 Å². The third-order valence-corrected chi connectivity index (χ3v) is 6.03. The van der Waals surface area contributed by atoms with Crippen molar-refractivity contribution in [3.05, 3.63) is 71.5 Å². The summed E-state index contributed by atoms with van der Waals surface area (Å²) < 4.78 is 17.3. The average molecular weight is 450 g/mol. The highest BCUT2D eigenvalue weighted by molar-refractivity contribution is 7.22. The zero-order valence-corrected chi connectivity index (χ0v) is 19.1. The van der Waals surface area contributed by atoms with Crippen LogP contribution in [0.5, 0.6) is 17.2 Å². The zero-order valence-electron chi connectivity index (χ0n) is 18.3. The number of anilines is 1. The molecule has 0 fully saturated rings. The van der Waals surface area contributed by atoms with Gasteiger partial charge in [0.05, 0.1) is 38.1 Å². The summed E-state index contributed by atoms with van der Waals surface area (Å²) in [5, 5.41) is 0.605. The third kappa shape index (κ3) is 4.22. The zero-order chi connectivity index (χ0) is 22.7. The standard InChI is InChI=1S/C24H23N3O4S/c1-15-7-8-18-21(10-15)32-24(26-18)27(14-16-6-5-9-25-13-16)23(28)17-11-19(29-2)22(31-4)20(12-17)30-3/h5-13H,14H2,1-4H3. The SMILES string of the molecule is COc1cc(C(=O)N(Cc2cccnc2)c2nc3ccc(C)cc3s2)cc(OC)c1OC. The Hall–Kier alpha value is -3.65. The molecule has 32 heavy (non-hydrogen) atoms. The molecule has 1 amide bonds. The fourth-order valence-corrected chi connectivity index (χ4v) is 4.46. The van der Waals surface area contributed by atoms with Crippen LogP contribution in [0.3, 0.4) is 0 Å². The summed E-state index contributed by atoms with van der Waals surface area (Å²) in [6, 6.07) is 13.1. The smallest absolute Gasteiger partial charge is 0.260 e. The van der Waals surface area contributed by atoms with Crippen molar-refractivity contribution in [2.75, 3.05) is 26.2 Å². The van der Waals surface area contributed by atoms with Crippen molar-refractivity contribution >= 4 is 32.6 Å². The molecule has 0 N–H and O–H groups in total. The number of hydrogen-bond donors (Lipinski definition) is 0. The molecule has 2 aromatic heterocycles. The van der Waals surface area contributed by atoms with Crippen molar-refractivity contribution < 1.29 is 19.0 Å². The lowest BCUT2D eigenvalue weighted by atomic mass is 10.1. The van der Waals surface area contributed by atoms with Crippen LogP contribution in [0.15, 0.2) is 54.9 Å². The predicted octanol–water partition coefficient (Wildman–Crippen LogP) is 4.87. The molecule has 4 aromatic rings. The molecule has 7 nitrogen and oxygen atoms in total. The molecule has 4 rings (SSSR count). The number of pyridine rings is 1. The van der Waals surface area contributed by atoms with Crippen molar-refractivity contribution in [2.45, 2.75) is 13.5 Å². The van der Waals surface area contributed by atoms with Crippen molar-refractivity contribution in [1.29, 1.82) is 0 Å². The number of aryl methyl sites for hydroxylation is 1. The monoisotopic (exact) mass is 449 g/mol. The molecule has 0 atom stereocenters. The Balaban J connectivity index is 1.81. The van der Waals surface area contributed by atoms with E-state index in [4.69, 9.17) is 19.2 Å². The van der Waals surface area contributed by atoms with E-state index in [-0.39, 0.29) is 5.91 Å². The first-order valence-electron chi connectivity index (χ1n) is 9.92. The fourth-order valence-electron chi connectivity index (χ4n) is 3.40. The van der Waals surface area contributed by atoms with Gasteiger partial charge in [-0.3, -0.25) is 14.7 Å². The number of carbonyl (C=O) groups is 1. The van der Waals surface area contributed by atoms with Crippen LogP contribution in [0, 0.1) is 6.92 Å².